The van der Waals surface area contributed by atoms with Crippen molar-refractivity contribution in [2.24, 2.45) is 11.8 Å². The fourth-order valence-corrected chi connectivity index (χ4v) is 3.46. The van der Waals surface area contributed by atoms with E-state index in [2.05, 4.69) is 26.8 Å². The first kappa shape index (κ1) is 13.1. The van der Waals surface area contributed by atoms with E-state index in [4.69, 9.17) is 9.47 Å². The van der Waals surface area contributed by atoms with Crippen LogP contribution in [0.5, 0.6) is 0 Å². The number of methoxy groups -OCH3 is 1. The number of ether oxygens (including phenoxy) is 2. The van der Waals surface area contributed by atoms with Crippen LogP contribution in [0.2, 0.25) is 0 Å². The molecule has 2 nitrogen and oxygen atoms in total. The lowest BCUT2D eigenvalue weighted by Gasteiger charge is -2.28. The second-order valence-electron chi connectivity index (χ2n) is 6.03. The molecule has 0 bridgehead atoms. The zero-order valence-electron chi connectivity index (χ0n) is 11.7. The molecular weight excluding hydrogens is 212 g/mol. The predicted octanol–water partition coefficient (Wildman–Crippen LogP) is 3.56. The summed E-state index contributed by atoms with van der Waals surface area (Å²) in [7, 11) is 1.85. The van der Waals surface area contributed by atoms with Crippen LogP contribution in [0.15, 0.2) is 11.6 Å². The number of hydrogen-bond donors (Lipinski definition) is 0. The average Bonchev–Trinajstić information content (AvgIpc) is 2.92. The number of allylic oxidation sites excluding steroid dienone is 2. The maximum Gasteiger partial charge on any atom is 0.0972 e. The number of epoxide rings is 1. The van der Waals surface area contributed by atoms with Gasteiger partial charge in [0.25, 0.3) is 0 Å². The standard InChI is InChI=1S/C15H26O2/c1-11(2)6-5-7-12(3)14-13(16-4)8-9-15(14)10-17-15/h6,12-14H,5,7-10H2,1-4H3/t12?,13-,14+,15+/m1/s1. The largest absolute Gasteiger partial charge is 0.381 e. The Bertz CT molecular complexity index is 287. The van der Waals surface area contributed by atoms with Crippen LogP contribution in [0.3, 0.4) is 0 Å². The van der Waals surface area contributed by atoms with Gasteiger partial charge in [-0.3, -0.25) is 0 Å². The Morgan fingerprint density at radius 3 is 2.76 bits per heavy atom. The van der Waals surface area contributed by atoms with Gasteiger partial charge < -0.3 is 9.47 Å². The van der Waals surface area contributed by atoms with Crippen LogP contribution in [0, 0.1) is 11.8 Å². The van der Waals surface area contributed by atoms with Crippen LogP contribution in [0.25, 0.3) is 0 Å². The van der Waals surface area contributed by atoms with Crippen LogP contribution in [-0.2, 0) is 9.47 Å². The molecule has 0 aromatic heterocycles. The van der Waals surface area contributed by atoms with E-state index in [0.29, 0.717) is 17.9 Å². The van der Waals surface area contributed by atoms with Gasteiger partial charge in [0.2, 0.25) is 0 Å². The van der Waals surface area contributed by atoms with E-state index in [1.807, 2.05) is 7.11 Å². The SMILES string of the molecule is CO[C@@H]1CC[C@]2(CO2)[C@H]1C(C)CCC=C(C)C. The average molecular weight is 238 g/mol. The van der Waals surface area contributed by atoms with Gasteiger partial charge in [-0.15, -0.1) is 0 Å². The summed E-state index contributed by atoms with van der Waals surface area (Å²) in [6, 6.07) is 0. The van der Waals surface area contributed by atoms with Crippen molar-refractivity contribution < 1.29 is 9.47 Å². The Morgan fingerprint density at radius 1 is 1.53 bits per heavy atom. The summed E-state index contributed by atoms with van der Waals surface area (Å²) in [4.78, 5) is 0. The predicted molar refractivity (Wildman–Crippen MR) is 70.0 cm³/mol. The quantitative estimate of drug-likeness (QED) is 0.539. The van der Waals surface area contributed by atoms with Crippen LogP contribution in [-0.4, -0.2) is 25.4 Å². The van der Waals surface area contributed by atoms with Crippen molar-refractivity contribution >= 4 is 0 Å². The Balaban J connectivity index is 1.92. The summed E-state index contributed by atoms with van der Waals surface area (Å²) < 4.78 is 11.4. The van der Waals surface area contributed by atoms with E-state index >= 15 is 0 Å². The summed E-state index contributed by atoms with van der Waals surface area (Å²) >= 11 is 0. The second-order valence-corrected chi connectivity index (χ2v) is 6.03. The highest BCUT2D eigenvalue weighted by Gasteiger charge is 2.59. The maximum absolute atomic E-state index is 5.75. The van der Waals surface area contributed by atoms with Gasteiger partial charge in [0, 0.05) is 13.0 Å². The van der Waals surface area contributed by atoms with Crippen molar-refractivity contribution in [2.45, 2.75) is 58.2 Å². The highest BCUT2D eigenvalue weighted by Crippen LogP contribution is 2.52. The molecular formula is C15H26O2. The van der Waals surface area contributed by atoms with Gasteiger partial charge >= 0.3 is 0 Å². The molecule has 0 amide bonds. The first-order valence-corrected chi connectivity index (χ1v) is 6.89. The zero-order valence-corrected chi connectivity index (χ0v) is 11.7. The van der Waals surface area contributed by atoms with Crippen molar-refractivity contribution in [3.05, 3.63) is 11.6 Å². The fourth-order valence-electron chi connectivity index (χ4n) is 3.46. The second kappa shape index (κ2) is 5.11. The molecule has 2 fully saturated rings. The third-order valence-corrected chi connectivity index (χ3v) is 4.47. The number of rotatable bonds is 5. The van der Waals surface area contributed by atoms with Crippen LogP contribution in [0.4, 0.5) is 0 Å². The lowest BCUT2D eigenvalue weighted by atomic mass is 9.81. The molecule has 0 N–H and O–H groups in total. The fraction of sp³-hybridized carbons (Fsp3) is 0.867. The van der Waals surface area contributed by atoms with Crippen molar-refractivity contribution in [2.75, 3.05) is 13.7 Å². The van der Waals surface area contributed by atoms with Crippen LogP contribution >= 0.6 is 0 Å². The van der Waals surface area contributed by atoms with Crippen LogP contribution in [0.1, 0.15) is 46.5 Å². The molecule has 2 heteroatoms. The minimum atomic E-state index is 0.199. The lowest BCUT2D eigenvalue weighted by Crippen LogP contribution is -2.32. The van der Waals surface area contributed by atoms with E-state index in [1.165, 1.54) is 31.3 Å². The highest BCUT2D eigenvalue weighted by molar-refractivity contribution is 5.08. The first-order valence-electron chi connectivity index (χ1n) is 6.89. The Morgan fingerprint density at radius 2 is 2.24 bits per heavy atom. The monoisotopic (exact) mass is 238 g/mol. The van der Waals surface area contributed by atoms with Gasteiger partial charge in [-0.25, -0.2) is 0 Å². The topological polar surface area (TPSA) is 21.8 Å². The summed E-state index contributed by atoms with van der Waals surface area (Å²) in [5.74, 6) is 1.30. The van der Waals surface area contributed by atoms with Gasteiger partial charge in [0.05, 0.1) is 18.3 Å². The molecule has 1 saturated carbocycles. The van der Waals surface area contributed by atoms with Gasteiger partial charge in [-0.2, -0.15) is 0 Å². The lowest BCUT2D eigenvalue weighted by molar-refractivity contribution is 0.0272. The molecule has 2 aliphatic rings. The number of hydrogen-bond acceptors (Lipinski definition) is 2. The normalized spacial score (nSPS) is 37.2. The molecule has 0 aromatic rings. The first-order chi connectivity index (χ1) is 8.09. The summed E-state index contributed by atoms with van der Waals surface area (Å²) in [6.45, 7) is 7.67. The van der Waals surface area contributed by atoms with E-state index in [0.717, 1.165) is 6.61 Å². The molecule has 1 aliphatic heterocycles. The van der Waals surface area contributed by atoms with Crippen LogP contribution < -0.4 is 0 Å². The van der Waals surface area contributed by atoms with E-state index < -0.39 is 0 Å². The van der Waals surface area contributed by atoms with E-state index in [9.17, 15) is 0 Å². The molecule has 0 aromatic carbocycles. The maximum atomic E-state index is 5.75. The minimum Gasteiger partial charge on any atom is -0.381 e. The smallest absolute Gasteiger partial charge is 0.0972 e. The van der Waals surface area contributed by atoms with E-state index in [-0.39, 0.29) is 5.60 Å². The van der Waals surface area contributed by atoms with Gasteiger partial charge in [-0.1, -0.05) is 18.6 Å². The van der Waals surface area contributed by atoms with Gasteiger partial charge in [0.15, 0.2) is 0 Å². The van der Waals surface area contributed by atoms with Gasteiger partial charge in [0.1, 0.15) is 0 Å². The molecule has 1 heterocycles. The Kier molecular flexibility index (Phi) is 3.94. The molecule has 0 radical (unpaired) electrons. The molecule has 2 rings (SSSR count). The van der Waals surface area contributed by atoms with Crippen molar-refractivity contribution in [1.29, 1.82) is 0 Å². The summed E-state index contributed by atoms with van der Waals surface area (Å²) in [5.41, 5.74) is 1.62. The molecule has 1 unspecified atom stereocenters. The zero-order chi connectivity index (χ0) is 12.5. The molecule has 1 aliphatic carbocycles. The highest BCUT2D eigenvalue weighted by atomic mass is 16.6. The molecule has 98 valence electrons. The summed E-state index contributed by atoms with van der Waals surface area (Å²) in [5, 5.41) is 0. The van der Waals surface area contributed by atoms with Gasteiger partial charge in [-0.05, 0) is 45.4 Å². The van der Waals surface area contributed by atoms with Crippen molar-refractivity contribution in [3.8, 4) is 0 Å². The van der Waals surface area contributed by atoms with Crippen molar-refractivity contribution in [3.63, 3.8) is 0 Å². The molecule has 17 heavy (non-hydrogen) atoms. The molecule has 4 atom stereocenters. The molecule has 1 spiro atoms. The van der Waals surface area contributed by atoms with Crippen molar-refractivity contribution in [1.82, 2.24) is 0 Å². The Hall–Kier alpha value is -0.340. The molecule has 1 saturated heterocycles. The third-order valence-electron chi connectivity index (χ3n) is 4.47. The van der Waals surface area contributed by atoms with E-state index in [1.54, 1.807) is 0 Å². The third kappa shape index (κ3) is 2.74. The Labute approximate surface area is 105 Å². The summed E-state index contributed by atoms with van der Waals surface area (Å²) in [6.07, 6.45) is 7.57. The minimum absolute atomic E-state index is 0.199.